The van der Waals surface area contributed by atoms with Crippen LogP contribution in [-0.2, 0) is 12.8 Å². The number of carbonyl (C=O) groups excluding carboxylic acids is 1. The lowest BCUT2D eigenvalue weighted by Crippen LogP contribution is -2.14. The maximum Gasteiger partial charge on any atom is 0.337 e. The third-order valence-electron chi connectivity index (χ3n) is 3.49. The molecule has 0 aliphatic heterocycles. The highest BCUT2D eigenvalue weighted by atomic mass is 32.1. The summed E-state index contributed by atoms with van der Waals surface area (Å²) in [5.41, 5.74) is 7.55. The molecule has 4 N–H and O–H groups in total. The zero-order chi connectivity index (χ0) is 15.0. The smallest absolute Gasteiger partial charge is 0.337 e. The van der Waals surface area contributed by atoms with E-state index < -0.39 is 5.97 Å². The van der Waals surface area contributed by atoms with E-state index in [4.69, 9.17) is 10.8 Å². The molecule has 0 atom stereocenters. The normalized spacial score (nSPS) is 13.0. The van der Waals surface area contributed by atoms with Gasteiger partial charge in [0.25, 0.3) is 5.91 Å². The van der Waals surface area contributed by atoms with Gasteiger partial charge >= 0.3 is 5.97 Å². The van der Waals surface area contributed by atoms with Crippen molar-refractivity contribution in [1.82, 2.24) is 0 Å². The summed E-state index contributed by atoms with van der Waals surface area (Å²) in [6.45, 7) is 0. The maximum atomic E-state index is 12.3. The Bertz CT molecular complexity index is 715. The third-order valence-corrected chi connectivity index (χ3v) is 4.73. The Morgan fingerprint density at radius 1 is 1.24 bits per heavy atom. The van der Waals surface area contributed by atoms with Crippen LogP contribution in [0.15, 0.2) is 24.3 Å². The van der Waals surface area contributed by atoms with E-state index in [0.717, 1.165) is 19.3 Å². The topological polar surface area (TPSA) is 92.4 Å². The summed E-state index contributed by atoms with van der Waals surface area (Å²) >= 11 is 1.48. The van der Waals surface area contributed by atoms with Crippen LogP contribution in [0.1, 0.15) is 36.9 Å². The average molecular weight is 302 g/mol. The first kappa shape index (κ1) is 13.6. The van der Waals surface area contributed by atoms with E-state index in [0.29, 0.717) is 10.6 Å². The van der Waals surface area contributed by atoms with Crippen molar-refractivity contribution in [3.63, 3.8) is 0 Å². The second-order valence-corrected chi connectivity index (χ2v) is 6.11. The Balaban J connectivity index is 1.87. The predicted molar refractivity (Wildman–Crippen MR) is 82.1 cm³/mol. The summed E-state index contributed by atoms with van der Waals surface area (Å²) in [6, 6.07) is 6.25. The minimum atomic E-state index is -1.10. The number of nitrogen functional groups attached to an aromatic ring is 1. The molecule has 2 aromatic rings. The number of carbonyl (C=O) groups is 2. The van der Waals surface area contributed by atoms with Gasteiger partial charge in [-0.3, -0.25) is 4.79 Å². The number of anilines is 2. The first-order chi connectivity index (χ1) is 10.0. The summed E-state index contributed by atoms with van der Waals surface area (Å²) in [5.74, 6) is -1.39. The number of fused-ring (bicyclic) bond motifs is 1. The maximum absolute atomic E-state index is 12.3. The van der Waals surface area contributed by atoms with Gasteiger partial charge in [0.2, 0.25) is 0 Å². The van der Waals surface area contributed by atoms with E-state index >= 15 is 0 Å². The van der Waals surface area contributed by atoms with Crippen LogP contribution in [0.25, 0.3) is 0 Å². The number of carboxylic acid groups (broad SMARTS) is 1. The lowest BCUT2D eigenvalue weighted by atomic mass is 10.1. The van der Waals surface area contributed by atoms with Crippen molar-refractivity contribution >= 4 is 34.6 Å². The van der Waals surface area contributed by atoms with Gasteiger partial charge in [-0.05, 0) is 49.1 Å². The van der Waals surface area contributed by atoms with Gasteiger partial charge in [-0.2, -0.15) is 0 Å². The van der Waals surface area contributed by atoms with Gasteiger partial charge in [-0.25, -0.2) is 4.79 Å². The minimum Gasteiger partial charge on any atom is -0.478 e. The van der Waals surface area contributed by atoms with Crippen LogP contribution in [-0.4, -0.2) is 17.0 Å². The number of aromatic carboxylic acids is 1. The summed E-state index contributed by atoms with van der Waals surface area (Å²) in [4.78, 5) is 25.3. The Morgan fingerprint density at radius 3 is 2.76 bits per heavy atom. The second-order valence-electron chi connectivity index (χ2n) is 4.98. The molecule has 0 unspecified atom stereocenters. The summed E-state index contributed by atoms with van der Waals surface area (Å²) < 4.78 is 0. The van der Waals surface area contributed by atoms with Gasteiger partial charge in [0.1, 0.15) is 0 Å². The molecule has 0 saturated carbocycles. The summed E-state index contributed by atoms with van der Waals surface area (Å²) in [6.07, 6.45) is 3.17. The molecule has 1 aromatic carbocycles. The predicted octanol–water partition coefficient (Wildman–Crippen LogP) is 2.77. The Labute approximate surface area is 125 Å². The van der Waals surface area contributed by atoms with Crippen LogP contribution in [0.2, 0.25) is 0 Å². The quantitative estimate of drug-likeness (QED) is 0.760. The molecule has 3 rings (SSSR count). The molecule has 1 aliphatic carbocycles. The highest BCUT2D eigenvalue weighted by Gasteiger charge is 2.20. The zero-order valence-electron chi connectivity index (χ0n) is 11.2. The van der Waals surface area contributed by atoms with Crippen molar-refractivity contribution in [3.8, 4) is 0 Å². The molecule has 1 heterocycles. The third kappa shape index (κ3) is 2.62. The van der Waals surface area contributed by atoms with E-state index in [1.807, 2.05) is 6.07 Å². The molecule has 5 nitrogen and oxygen atoms in total. The van der Waals surface area contributed by atoms with E-state index in [9.17, 15) is 9.59 Å². The van der Waals surface area contributed by atoms with Crippen molar-refractivity contribution in [2.24, 2.45) is 0 Å². The Hall–Kier alpha value is -2.34. The molecule has 0 spiro atoms. The van der Waals surface area contributed by atoms with Gasteiger partial charge in [-0.1, -0.05) is 0 Å². The molecule has 0 radical (unpaired) electrons. The molecule has 21 heavy (non-hydrogen) atoms. The number of nitrogens with two attached hydrogens (primary N) is 1. The number of carboxylic acids is 1. The lowest BCUT2D eigenvalue weighted by molar-refractivity contribution is 0.0698. The van der Waals surface area contributed by atoms with Crippen molar-refractivity contribution < 1.29 is 14.7 Å². The second kappa shape index (κ2) is 5.21. The van der Waals surface area contributed by atoms with Gasteiger partial charge in [-0.15, -0.1) is 11.3 Å². The molecule has 0 saturated heterocycles. The van der Waals surface area contributed by atoms with Crippen molar-refractivity contribution in [2.75, 3.05) is 11.1 Å². The monoisotopic (exact) mass is 302 g/mol. The number of thiophene rings is 1. The van der Waals surface area contributed by atoms with Gasteiger partial charge < -0.3 is 16.2 Å². The molecule has 108 valence electrons. The summed E-state index contributed by atoms with van der Waals surface area (Å²) in [5, 5.41) is 11.8. The zero-order valence-corrected chi connectivity index (χ0v) is 12.0. The lowest BCUT2D eigenvalue weighted by Gasteiger charge is -2.08. The number of hydrogen-bond donors (Lipinski definition) is 3. The average Bonchev–Trinajstić information content (AvgIpc) is 2.98. The van der Waals surface area contributed by atoms with Crippen LogP contribution in [0.3, 0.4) is 0 Å². The van der Waals surface area contributed by atoms with Gasteiger partial charge in [0.05, 0.1) is 16.1 Å². The number of hydrogen-bond acceptors (Lipinski definition) is 4. The SMILES string of the molecule is Nc1ccc(C(=O)O)c(NC(=O)c2cc3c(s2)CCC3)c1. The standard InChI is InChI=1S/C15H14N2O3S/c16-9-4-5-10(15(19)20)11(7-9)17-14(18)13-6-8-2-1-3-12(8)21-13/h4-7H,1-3,16H2,(H,17,18)(H,19,20). The first-order valence-electron chi connectivity index (χ1n) is 6.60. The molecule has 1 aliphatic rings. The fourth-order valence-corrected chi connectivity index (χ4v) is 3.63. The van der Waals surface area contributed by atoms with Gasteiger partial charge in [0.15, 0.2) is 0 Å². The van der Waals surface area contributed by atoms with E-state index in [-0.39, 0.29) is 17.2 Å². The van der Waals surface area contributed by atoms with Gasteiger partial charge in [0, 0.05) is 10.6 Å². The number of amides is 1. The molecule has 1 aromatic heterocycles. The number of rotatable bonds is 3. The molecular weight excluding hydrogens is 288 g/mol. The van der Waals surface area contributed by atoms with Crippen LogP contribution in [0.4, 0.5) is 11.4 Å². The largest absolute Gasteiger partial charge is 0.478 e. The highest BCUT2D eigenvalue weighted by molar-refractivity contribution is 7.14. The number of aryl methyl sites for hydroxylation is 2. The Kier molecular flexibility index (Phi) is 3.39. The van der Waals surface area contributed by atoms with Crippen molar-refractivity contribution in [1.29, 1.82) is 0 Å². The molecule has 0 fully saturated rings. The number of nitrogens with one attached hydrogen (secondary N) is 1. The highest BCUT2D eigenvalue weighted by Crippen LogP contribution is 2.31. The fraction of sp³-hybridized carbons (Fsp3) is 0.200. The van der Waals surface area contributed by atoms with E-state index in [1.165, 1.54) is 40.0 Å². The minimum absolute atomic E-state index is 0.0293. The van der Waals surface area contributed by atoms with Crippen LogP contribution < -0.4 is 11.1 Å². The van der Waals surface area contributed by atoms with E-state index in [1.54, 1.807) is 0 Å². The molecular formula is C15H14N2O3S. The van der Waals surface area contributed by atoms with E-state index in [2.05, 4.69) is 5.32 Å². The molecule has 0 bridgehead atoms. The fourth-order valence-electron chi connectivity index (χ4n) is 2.48. The Morgan fingerprint density at radius 2 is 2.05 bits per heavy atom. The van der Waals surface area contributed by atoms with Crippen molar-refractivity contribution in [2.45, 2.75) is 19.3 Å². The number of benzene rings is 1. The van der Waals surface area contributed by atoms with Crippen LogP contribution in [0, 0.1) is 0 Å². The first-order valence-corrected chi connectivity index (χ1v) is 7.42. The molecule has 1 amide bonds. The van der Waals surface area contributed by atoms with Crippen LogP contribution >= 0.6 is 11.3 Å². The molecule has 6 heteroatoms. The summed E-state index contributed by atoms with van der Waals surface area (Å²) in [7, 11) is 0. The van der Waals surface area contributed by atoms with Crippen molar-refractivity contribution in [3.05, 3.63) is 45.1 Å². The van der Waals surface area contributed by atoms with Crippen LogP contribution in [0.5, 0.6) is 0 Å².